The summed E-state index contributed by atoms with van der Waals surface area (Å²) in [5, 5.41) is 11.3. The molecular formula is C23H28N3O4+. The lowest BCUT2D eigenvalue weighted by Crippen LogP contribution is -2.52. The van der Waals surface area contributed by atoms with Gasteiger partial charge in [0.25, 0.3) is 11.8 Å². The zero-order valence-corrected chi connectivity index (χ0v) is 17.9. The van der Waals surface area contributed by atoms with Gasteiger partial charge in [0.15, 0.2) is 6.67 Å². The third-order valence-electron chi connectivity index (χ3n) is 6.11. The zero-order valence-electron chi connectivity index (χ0n) is 17.9. The van der Waals surface area contributed by atoms with Gasteiger partial charge in [-0.2, -0.15) is 0 Å². The first-order chi connectivity index (χ1) is 14.2. The molecule has 4 rings (SSSR count). The standard InChI is InChI=1S/C23H27N3O4/c1-5-6-10-18(23(29)30)25-21(27)16-9-7-8-15-19(16)17(22(25)28)11-14-12-26(3,4)13-24(2)20(14)15/h7-9,11,18H,5-6,10,12-13H2,1-4H3/p+1. The van der Waals surface area contributed by atoms with Gasteiger partial charge in [-0.05, 0) is 18.6 Å². The molecule has 2 aliphatic heterocycles. The Morgan fingerprint density at radius 3 is 2.57 bits per heavy atom. The molecule has 1 unspecified atom stereocenters. The Bertz CT molecular complexity index is 1080. The van der Waals surface area contributed by atoms with E-state index in [4.69, 9.17) is 0 Å². The van der Waals surface area contributed by atoms with E-state index in [1.165, 1.54) is 0 Å². The third-order valence-corrected chi connectivity index (χ3v) is 6.11. The van der Waals surface area contributed by atoms with Crippen LogP contribution in [0.3, 0.4) is 0 Å². The van der Waals surface area contributed by atoms with E-state index in [9.17, 15) is 19.5 Å². The van der Waals surface area contributed by atoms with Crippen molar-refractivity contribution in [2.24, 2.45) is 0 Å². The van der Waals surface area contributed by atoms with Crippen LogP contribution >= 0.6 is 0 Å². The van der Waals surface area contributed by atoms with E-state index in [2.05, 4.69) is 19.0 Å². The number of rotatable bonds is 5. The van der Waals surface area contributed by atoms with Crippen LogP contribution in [0.1, 0.15) is 52.5 Å². The molecule has 0 radical (unpaired) electrons. The Kier molecular flexibility index (Phi) is 4.81. The molecule has 2 heterocycles. The average Bonchev–Trinajstić information content (AvgIpc) is 2.66. The number of aliphatic carboxylic acids is 1. The summed E-state index contributed by atoms with van der Waals surface area (Å²) in [6, 6.07) is 6.18. The number of fused-ring (bicyclic) bond motifs is 2. The lowest BCUT2D eigenvalue weighted by molar-refractivity contribution is -0.904. The van der Waals surface area contributed by atoms with Gasteiger partial charge >= 0.3 is 5.97 Å². The number of anilines is 1. The van der Waals surface area contributed by atoms with Crippen molar-refractivity contribution >= 4 is 34.2 Å². The maximum atomic E-state index is 13.5. The molecule has 1 atom stereocenters. The number of benzene rings is 2. The van der Waals surface area contributed by atoms with Crippen molar-refractivity contribution in [3.63, 3.8) is 0 Å². The Labute approximate surface area is 176 Å². The Hall–Kier alpha value is -2.93. The van der Waals surface area contributed by atoms with Crippen LogP contribution in [-0.2, 0) is 11.3 Å². The van der Waals surface area contributed by atoms with E-state index in [0.717, 1.165) is 45.7 Å². The molecule has 2 aromatic rings. The molecule has 2 aromatic carbocycles. The van der Waals surface area contributed by atoms with Crippen molar-refractivity contribution in [3.8, 4) is 0 Å². The van der Waals surface area contributed by atoms with E-state index in [1.807, 2.05) is 32.2 Å². The van der Waals surface area contributed by atoms with Crippen LogP contribution in [0.25, 0.3) is 10.8 Å². The smallest absolute Gasteiger partial charge is 0.326 e. The number of carboxylic acids is 1. The van der Waals surface area contributed by atoms with Gasteiger partial charge in [-0.15, -0.1) is 0 Å². The second-order valence-corrected chi connectivity index (χ2v) is 9.07. The highest BCUT2D eigenvalue weighted by Gasteiger charge is 2.42. The van der Waals surface area contributed by atoms with Gasteiger partial charge in [-0.25, -0.2) is 4.79 Å². The lowest BCUT2D eigenvalue weighted by atomic mass is 9.88. The van der Waals surface area contributed by atoms with Crippen molar-refractivity contribution in [3.05, 3.63) is 41.0 Å². The monoisotopic (exact) mass is 410 g/mol. The highest BCUT2D eigenvalue weighted by atomic mass is 16.4. The summed E-state index contributed by atoms with van der Waals surface area (Å²) in [5.41, 5.74) is 2.91. The molecule has 7 heteroatoms. The first-order valence-electron chi connectivity index (χ1n) is 10.4. The fourth-order valence-electron chi connectivity index (χ4n) is 5.00. The largest absolute Gasteiger partial charge is 0.480 e. The maximum absolute atomic E-state index is 13.5. The van der Waals surface area contributed by atoms with Gasteiger partial charge in [0.1, 0.15) is 12.6 Å². The minimum atomic E-state index is -1.15. The minimum absolute atomic E-state index is 0.256. The van der Waals surface area contributed by atoms with Crippen LogP contribution in [0.5, 0.6) is 0 Å². The molecule has 0 aromatic heterocycles. The molecule has 158 valence electrons. The number of carbonyl (C=O) groups is 3. The van der Waals surface area contributed by atoms with E-state index in [0.29, 0.717) is 22.9 Å². The molecular weight excluding hydrogens is 382 g/mol. The molecule has 0 saturated carbocycles. The molecule has 0 bridgehead atoms. The second-order valence-electron chi connectivity index (χ2n) is 9.07. The number of imide groups is 1. The van der Waals surface area contributed by atoms with E-state index < -0.39 is 23.8 Å². The van der Waals surface area contributed by atoms with Crippen molar-refractivity contribution < 1.29 is 24.0 Å². The number of carbonyl (C=O) groups excluding carboxylic acids is 2. The molecule has 1 N–H and O–H groups in total. The van der Waals surface area contributed by atoms with Gasteiger partial charge in [-0.3, -0.25) is 14.5 Å². The highest BCUT2D eigenvalue weighted by molar-refractivity contribution is 6.28. The summed E-state index contributed by atoms with van der Waals surface area (Å²) in [7, 11) is 6.29. The normalized spacial score (nSPS) is 18.5. The van der Waals surface area contributed by atoms with Crippen molar-refractivity contribution in [2.75, 3.05) is 32.7 Å². The van der Waals surface area contributed by atoms with E-state index in [1.54, 1.807) is 6.07 Å². The number of hydrogen-bond acceptors (Lipinski definition) is 4. The highest BCUT2D eigenvalue weighted by Crippen LogP contribution is 2.41. The van der Waals surface area contributed by atoms with Crippen molar-refractivity contribution in [1.29, 1.82) is 0 Å². The van der Waals surface area contributed by atoms with Gasteiger partial charge in [0.05, 0.1) is 19.8 Å². The van der Waals surface area contributed by atoms with Crippen molar-refractivity contribution in [2.45, 2.75) is 38.8 Å². The average molecular weight is 410 g/mol. The van der Waals surface area contributed by atoms with E-state index >= 15 is 0 Å². The fraction of sp³-hybridized carbons (Fsp3) is 0.435. The number of quaternary nitrogens is 1. The minimum Gasteiger partial charge on any atom is -0.480 e. The molecule has 2 amide bonds. The summed E-state index contributed by atoms with van der Waals surface area (Å²) in [4.78, 5) is 41.9. The Morgan fingerprint density at radius 1 is 1.20 bits per heavy atom. The van der Waals surface area contributed by atoms with Gasteiger partial charge in [0, 0.05) is 34.5 Å². The molecule has 0 aliphatic carbocycles. The summed E-state index contributed by atoms with van der Waals surface area (Å²) >= 11 is 0. The number of carboxylic acid groups (broad SMARTS) is 1. The van der Waals surface area contributed by atoms with E-state index in [-0.39, 0.29) is 6.42 Å². The summed E-state index contributed by atoms with van der Waals surface area (Å²) in [6.07, 6.45) is 1.68. The molecule has 30 heavy (non-hydrogen) atoms. The number of hydrogen-bond donors (Lipinski definition) is 1. The third kappa shape index (κ3) is 3.04. The topological polar surface area (TPSA) is 77.9 Å². The quantitative estimate of drug-likeness (QED) is 0.606. The van der Waals surface area contributed by atoms with Crippen LogP contribution in [-0.4, -0.2) is 66.1 Å². The Morgan fingerprint density at radius 2 is 1.90 bits per heavy atom. The van der Waals surface area contributed by atoms with Crippen LogP contribution in [0.4, 0.5) is 5.69 Å². The number of unbranched alkanes of at least 4 members (excludes halogenated alkanes) is 1. The van der Waals surface area contributed by atoms with Crippen LogP contribution in [0.2, 0.25) is 0 Å². The van der Waals surface area contributed by atoms with Gasteiger partial charge in [-0.1, -0.05) is 31.9 Å². The zero-order chi connectivity index (χ0) is 21.8. The Balaban J connectivity index is 1.94. The molecule has 0 spiro atoms. The van der Waals surface area contributed by atoms with Crippen molar-refractivity contribution in [1.82, 2.24) is 4.90 Å². The first kappa shape index (κ1) is 20.3. The van der Waals surface area contributed by atoms with Crippen LogP contribution in [0, 0.1) is 0 Å². The van der Waals surface area contributed by atoms with Crippen LogP contribution < -0.4 is 4.90 Å². The van der Waals surface area contributed by atoms with Gasteiger partial charge < -0.3 is 14.5 Å². The predicted molar refractivity (Wildman–Crippen MR) is 114 cm³/mol. The number of amides is 2. The SMILES string of the molecule is CCCCC(C(=O)O)N1C(=O)c2cccc3c4c(cc(c23)C1=O)C[N+](C)(C)CN4C. The maximum Gasteiger partial charge on any atom is 0.326 e. The molecule has 0 fully saturated rings. The van der Waals surface area contributed by atoms with Gasteiger partial charge in [0.2, 0.25) is 0 Å². The first-order valence-corrected chi connectivity index (χ1v) is 10.4. The molecule has 7 nitrogen and oxygen atoms in total. The lowest BCUT2D eigenvalue weighted by Gasteiger charge is -2.42. The summed E-state index contributed by atoms with van der Waals surface area (Å²) in [5.74, 6) is -2.17. The molecule has 0 saturated heterocycles. The second kappa shape index (κ2) is 7.09. The predicted octanol–water partition coefficient (Wildman–Crippen LogP) is 3.06. The summed E-state index contributed by atoms with van der Waals surface area (Å²) < 4.78 is 0.749. The fourth-order valence-corrected chi connectivity index (χ4v) is 5.00. The molecule has 2 aliphatic rings. The summed E-state index contributed by atoms with van der Waals surface area (Å²) in [6.45, 7) is 3.53. The van der Waals surface area contributed by atoms with Crippen LogP contribution in [0.15, 0.2) is 24.3 Å². The number of nitrogens with zero attached hydrogens (tertiary/aromatic N) is 3.